The second-order valence-electron chi connectivity index (χ2n) is 6.33. The zero-order valence-electron chi connectivity index (χ0n) is 17.4. The van der Waals surface area contributed by atoms with Crippen molar-refractivity contribution in [2.45, 2.75) is 0 Å². The maximum absolute atomic E-state index is 11.2. The van der Waals surface area contributed by atoms with Crippen LogP contribution in [0, 0.1) is 0 Å². The molecule has 1 aliphatic rings. The largest absolute Gasteiger partial charge is 0.269 e. The van der Waals surface area contributed by atoms with Crippen LogP contribution in [0.25, 0.3) is 18.2 Å². The van der Waals surface area contributed by atoms with E-state index in [1.165, 1.54) is 17.7 Å². The summed E-state index contributed by atoms with van der Waals surface area (Å²) in [6, 6.07) is 26.9. The molecule has 0 atom stereocenters. The fraction of sp³-hybridized carbons (Fsp3) is 0. The third-order valence-corrected chi connectivity index (χ3v) is 4.29. The zero-order valence-corrected chi connectivity index (χ0v) is 17.4. The molecule has 0 spiro atoms. The first-order valence-electron chi connectivity index (χ1n) is 9.73. The first-order valence-corrected chi connectivity index (χ1v) is 9.73. The highest BCUT2D eigenvalue weighted by molar-refractivity contribution is 6.28. The lowest BCUT2D eigenvalue weighted by Gasteiger charge is -2.12. The Hall–Kier alpha value is -4.24. The standard InChI is InChI=1S/C10H7NO2.C10H10.C8H8/c12-9-6-7-10(13)11(9)8-4-2-1-3-5-8;1-3-9-7-5-6-8-10(9)4-2;1-2-8-6-4-3-5-7-8/h1-7H;3-8H,1-2H2;2-7H,1H2. The minimum absolute atomic E-state index is 0.281. The third-order valence-electron chi connectivity index (χ3n) is 4.29. The summed E-state index contributed by atoms with van der Waals surface area (Å²) in [7, 11) is 0. The maximum Gasteiger partial charge on any atom is 0.258 e. The predicted molar refractivity (Wildman–Crippen MR) is 131 cm³/mol. The van der Waals surface area contributed by atoms with Gasteiger partial charge in [0, 0.05) is 12.2 Å². The van der Waals surface area contributed by atoms with E-state index in [0.717, 1.165) is 16.0 Å². The molecule has 0 N–H and O–H groups in total. The molecular formula is C28H25NO2. The second-order valence-corrected chi connectivity index (χ2v) is 6.33. The molecule has 1 heterocycles. The van der Waals surface area contributed by atoms with Gasteiger partial charge in [0.25, 0.3) is 11.8 Å². The van der Waals surface area contributed by atoms with E-state index in [9.17, 15) is 9.59 Å². The molecule has 154 valence electrons. The van der Waals surface area contributed by atoms with Crippen molar-refractivity contribution in [3.63, 3.8) is 0 Å². The highest BCUT2D eigenvalue weighted by atomic mass is 16.2. The van der Waals surface area contributed by atoms with Crippen LogP contribution < -0.4 is 4.90 Å². The van der Waals surface area contributed by atoms with E-state index in [2.05, 4.69) is 19.7 Å². The number of para-hydroxylation sites is 1. The zero-order chi connectivity index (χ0) is 22.5. The summed E-state index contributed by atoms with van der Waals surface area (Å²) >= 11 is 0. The number of benzene rings is 3. The molecule has 0 unspecified atom stereocenters. The molecule has 0 saturated carbocycles. The fourth-order valence-electron chi connectivity index (χ4n) is 2.70. The van der Waals surface area contributed by atoms with E-state index in [0.29, 0.717) is 5.69 Å². The highest BCUT2D eigenvalue weighted by Gasteiger charge is 2.24. The molecule has 1 aliphatic heterocycles. The van der Waals surface area contributed by atoms with Crippen LogP contribution in [0.15, 0.2) is 117 Å². The van der Waals surface area contributed by atoms with Crippen LogP contribution in [0.5, 0.6) is 0 Å². The van der Waals surface area contributed by atoms with Crippen LogP contribution in [0.3, 0.4) is 0 Å². The van der Waals surface area contributed by atoms with Gasteiger partial charge in [-0.2, -0.15) is 0 Å². The van der Waals surface area contributed by atoms with Crippen LogP contribution in [0.2, 0.25) is 0 Å². The van der Waals surface area contributed by atoms with Crippen molar-refractivity contribution in [2.24, 2.45) is 0 Å². The Kier molecular flexibility index (Phi) is 9.18. The molecule has 3 nitrogen and oxygen atoms in total. The molecule has 2 amide bonds. The molecule has 0 radical (unpaired) electrons. The van der Waals surface area contributed by atoms with Gasteiger partial charge in [-0.05, 0) is 28.8 Å². The van der Waals surface area contributed by atoms with Crippen LogP contribution in [0.1, 0.15) is 16.7 Å². The molecule has 0 bridgehead atoms. The molecular weight excluding hydrogens is 382 g/mol. The van der Waals surface area contributed by atoms with Gasteiger partial charge in [0.2, 0.25) is 0 Å². The Labute approximate surface area is 184 Å². The lowest BCUT2D eigenvalue weighted by molar-refractivity contribution is -0.119. The fourth-order valence-corrected chi connectivity index (χ4v) is 2.70. The first-order chi connectivity index (χ1) is 15.1. The summed E-state index contributed by atoms with van der Waals surface area (Å²) in [4.78, 5) is 23.5. The molecule has 0 saturated heterocycles. The lowest BCUT2D eigenvalue weighted by atomic mass is 10.1. The molecule has 3 heteroatoms. The van der Waals surface area contributed by atoms with Crippen LogP contribution >= 0.6 is 0 Å². The van der Waals surface area contributed by atoms with Crippen molar-refractivity contribution < 1.29 is 9.59 Å². The number of imide groups is 1. The SMILES string of the molecule is C=Cc1ccccc1.C=Cc1ccccc1C=C.O=C1C=CC(=O)N1c1ccccc1. The van der Waals surface area contributed by atoms with Gasteiger partial charge in [-0.1, -0.05) is 111 Å². The molecule has 0 aliphatic carbocycles. The van der Waals surface area contributed by atoms with Crippen LogP contribution in [-0.2, 0) is 9.59 Å². The summed E-state index contributed by atoms with van der Waals surface area (Å²) in [6.45, 7) is 11.0. The van der Waals surface area contributed by atoms with Crippen molar-refractivity contribution in [2.75, 3.05) is 4.90 Å². The van der Waals surface area contributed by atoms with E-state index in [4.69, 9.17) is 0 Å². The van der Waals surface area contributed by atoms with Crippen molar-refractivity contribution in [1.82, 2.24) is 0 Å². The number of amides is 2. The van der Waals surface area contributed by atoms with Crippen LogP contribution in [-0.4, -0.2) is 11.8 Å². The second kappa shape index (κ2) is 12.3. The van der Waals surface area contributed by atoms with Crippen molar-refractivity contribution in [3.05, 3.63) is 134 Å². The number of nitrogens with zero attached hydrogens (tertiary/aromatic N) is 1. The van der Waals surface area contributed by atoms with Gasteiger partial charge in [-0.25, -0.2) is 4.90 Å². The van der Waals surface area contributed by atoms with Gasteiger partial charge in [0.15, 0.2) is 0 Å². The number of hydrogen-bond donors (Lipinski definition) is 0. The van der Waals surface area contributed by atoms with Crippen LogP contribution in [0.4, 0.5) is 5.69 Å². The Morgan fingerprint density at radius 3 is 1.35 bits per heavy atom. The summed E-state index contributed by atoms with van der Waals surface area (Å²) in [6.07, 6.45) is 8.04. The summed E-state index contributed by atoms with van der Waals surface area (Å²) in [5, 5.41) is 0. The normalized spacial score (nSPS) is 11.5. The summed E-state index contributed by atoms with van der Waals surface area (Å²) in [5.74, 6) is -0.563. The van der Waals surface area contributed by atoms with E-state index >= 15 is 0 Å². The molecule has 31 heavy (non-hydrogen) atoms. The Morgan fingerprint density at radius 2 is 0.968 bits per heavy atom. The van der Waals surface area contributed by atoms with E-state index in [1.54, 1.807) is 24.3 Å². The topological polar surface area (TPSA) is 37.4 Å². The summed E-state index contributed by atoms with van der Waals surface area (Å²) < 4.78 is 0. The smallest absolute Gasteiger partial charge is 0.258 e. The lowest BCUT2D eigenvalue weighted by Crippen LogP contribution is -2.29. The summed E-state index contributed by atoms with van der Waals surface area (Å²) in [5.41, 5.74) is 4.06. The van der Waals surface area contributed by atoms with Crippen molar-refractivity contribution in [1.29, 1.82) is 0 Å². The average Bonchev–Trinajstić information content (AvgIpc) is 3.18. The molecule has 0 aromatic heterocycles. The van der Waals surface area contributed by atoms with Gasteiger partial charge in [-0.15, -0.1) is 0 Å². The molecule has 3 aromatic carbocycles. The monoisotopic (exact) mass is 407 g/mol. The van der Waals surface area contributed by atoms with Gasteiger partial charge in [0.05, 0.1) is 5.69 Å². The number of anilines is 1. The quantitative estimate of drug-likeness (QED) is 0.468. The van der Waals surface area contributed by atoms with E-state index in [1.807, 2.05) is 78.9 Å². The van der Waals surface area contributed by atoms with Gasteiger partial charge in [-0.3, -0.25) is 9.59 Å². The third kappa shape index (κ3) is 6.94. The van der Waals surface area contributed by atoms with Gasteiger partial charge >= 0.3 is 0 Å². The Balaban J connectivity index is 0.000000171. The predicted octanol–water partition coefficient (Wildman–Crippen LogP) is 6.42. The number of carbonyl (C=O) groups excluding carboxylic acids is 2. The van der Waals surface area contributed by atoms with E-state index in [-0.39, 0.29) is 11.8 Å². The van der Waals surface area contributed by atoms with Gasteiger partial charge < -0.3 is 0 Å². The van der Waals surface area contributed by atoms with Crippen molar-refractivity contribution >= 4 is 35.7 Å². The van der Waals surface area contributed by atoms with E-state index < -0.39 is 0 Å². The average molecular weight is 408 g/mol. The number of hydrogen-bond acceptors (Lipinski definition) is 2. The van der Waals surface area contributed by atoms with Gasteiger partial charge in [0.1, 0.15) is 0 Å². The molecule has 3 aromatic rings. The minimum atomic E-state index is -0.281. The highest BCUT2D eigenvalue weighted by Crippen LogP contribution is 2.17. The Bertz CT molecular complexity index is 1020. The maximum atomic E-state index is 11.2. The minimum Gasteiger partial charge on any atom is -0.269 e. The number of carbonyl (C=O) groups is 2. The Morgan fingerprint density at radius 1 is 0.548 bits per heavy atom. The number of rotatable bonds is 4. The molecule has 0 fully saturated rings. The molecule has 4 rings (SSSR count). The first kappa shape index (κ1) is 23.0. The van der Waals surface area contributed by atoms with Crippen molar-refractivity contribution in [3.8, 4) is 0 Å².